The van der Waals surface area contributed by atoms with Crippen molar-refractivity contribution in [3.05, 3.63) is 0 Å². The second kappa shape index (κ2) is 3.22. The predicted octanol–water partition coefficient (Wildman–Crippen LogP) is -1.65. The van der Waals surface area contributed by atoms with Crippen LogP contribution in [0, 0.1) is 0 Å². The Kier molecular flexibility index (Phi) is 2.57. The highest BCUT2D eigenvalue weighted by atomic mass is 32.2. The zero-order valence-corrected chi connectivity index (χ0v) is 7.56. The SMILES string of the molecule is CON1C(=O)CC(S(=O)(=O)O)C1O. The van der Waals surface area contributed by atoms with Gasteiger partial charge in [0.25, 0.3) is 10.1 Å². The summed E-state index contributed by atoms with van der Waals surface area (Å²) >= 11 is 0. The largest absolute Gasteiger partial charge is 0.370 e. The Bertz CT molecular complexity index is 311. The maximum absolute atomic E-state index is 10.9. The number of aliphatic hydroxyl groups is 1. The zero-order chi connectivity index (χ0) is 10.2. The highest BCUT2D eigenvalue weighted by molar-refractivity contribution is 7.86. The van der Waals surface area contributed by atoms with E-state index in [1.165, 1.54) is 0 Å². The first-order valence-electron chi connectivity index (χ1n) is 3.38. The van der Waals surface area contributed by atoms with Gasteiger partial charge in [0.1, 0.15) is 5.25 Å². The molecule has 0 aromatic rings. The summed E-state index contributed by atoms with van der Waals surface area (Å²) < 4.78 is 29.8. The molecule has 8 heteroatoms. The molecule has 2 N–H and O–H groups in total. The number of carbonyl (C=O) groups excluding carboxylic acids is 1. The van der Waals surface area contributed by atoms with Crippen molar-refractivity contribution in [2.75, 3.05) is 7.11 Å². The molecule has 0 aromatic heterocycles. The van der Waals surface area contributed by atoms with E-state index >= 15 is 0 Å². The molecular formula is C5H9NO6S. The summed E-state index contributed by atoms with van der Waals surface area (Å²) in [6.07, 6.45) is -2.12. The summed E-state index contributed by atoms with van der Waals surface area (Å²) in [5, 5.41) is 8.18. The van der Waals surface area contributed by atoms with Crippen LogP contribution in [-0.2, 0) is 19.8 Å². The minimum absolute atomic E-state index is 0.478. The van der Waals surface area contributed by atoms with E-state index in [1.54, 1.807) is 0 Å². The van der Waals surface area contributed by atoms with Crippen LogP contribution in [0.3, 0.4) is 0 Å². The molecule has 0 bridgehead atoms. The van der Waals surface area contributed by atoms with Crippen molar-refractivity contribution in [3.8, 4) is 0 Å². The zero-order valence-electron chi connectivity index (χ0n) is 6.74. The van der Waals surface area contributed by atoms with Crippen molar-refractivity contribution in [2.45, 2.75) is 17.9 Å². The minimum Gasteiger partial charge on any atom is -0.370 e. The first-order chi connectivity index (χ1) is 5.88. The van der Waals surface area contributed by atoms with Gasteiger partial charge < -0.3 is 5.11 Å². The highest BCUT2D eigenvalue weighted by Crippen LogP contribution is 2.22. The molecule has 0 aliphatic carbocycles. The third-order valence-corrected chi connectivity index (χ3v) is 2.95. The molecule has 1 fully saturated rings. The Hall–Kier alpha value is -0.700. The first-order valence-corrected chi connectivity index (χ1v) is 4.88. The fourth-order valence-electron chi connectivity index (χ4n) is 1.13. The van der Waals surface area contributed by atoms with Gasteiger partial charge in [0.05, 0.1) is 13.5 Å². The molecule has 0 spiro atoms. The number of nitrogens with zero attached hydrogens (tertiary/aromatic N) is 1. The lowest BCUT2D eigenvalue weighted by molar-refractivity contribution is -0.204. The first kappa shape index (κ1) is 10.4. The number of hydroxylamine groups is 2. The molecule has 1 aliphatic heterocycles. The monoisotopic (exact) mass is 211 g/mol. The van der Waals surface area contributed by atoms with Gasteiger partial charge in [-0.1, -0.05) is 0 Å². The van der Waals surface area contributed by atoms with E-state index in [9.17, 15) is 18.3 Å². The maximum Gasteiger partial charge on any atom is 0.272 e. The molecule has 2 unspecified atom stereocenters. The van der Waals surface area contributed by atoms with Crippen LogP contribution in [0.1, 0.15) is 6.42 Å². The van der Waals surface area contributed by atoms with Gasteiger partial charge in [0.2, 0.25) is 5.91 Å². The summed E-state index contributed by atoms with van der Waals surface area (Å²) in [4.78, 5) is 15.4. The summed E-state index contributed by atoms with van der Waals surface area (Å²) in [5.41, 5.74) is 0. The van der Waals surface area contributed by atoms with Gasteiger partial charge in [0, 0.05) is 0 Å². The normalized spacial score (nSPS) is 29.8. The molecule has 1 rings (SSSR count). The maximum atomic E-state index is 10.9. The lowest BCUT2D eigenvalue weighted by Gasteiger charge is -2.18. The number of amides is 1. The lowest BCUT2D eigenvalue weighted by Crippen LogP contribution is -2.38. The summed E-state index contributed by atoms with van der Waals surface area (Å²) in [6.45, 7) is 0. The molecule has 7 nitrogen and oxygen atoms in total. The topological polar surface area (TPSA) is 104 Å². The van der Waals surface area contributed by atoms with Gasteiger partial charge in [-0.3, -0.25) is 14.2 Å². The van der Waals surface area contributed by atoms with Crippen molar-refractivity contribution < 1.29 is 27.7 Å². The number of carbonyl (C=O) groups is 1. The molecule has 2 atom stereocenters. The second-order valence-corrected chi connectivity index (χ2v) is 4.21. The van der Waals surface area contributed by atoms with Gasteiger partial charge in [0.15, 0.2) is 6.23 Å². The standard InChI is InChI=1S/C5H9NO6S/c1-12-6-4(7)2-3(5(6)8)13(9,10)11/h3,5,8H,2H2,1H3,(H,9,10,11). The van der Waals surface area contributed by atoms with E-state index in [2.05, 4.69) is 4.84 Å². The van der Waals surface area contributed by atoms with E-state index in [0.29, 0.717) is 5.06 Å². The Balaban J connectivity index is 2.91. The van der Waals surface area contributed by atoms with Crippen molar-refractivity contribution in [1.29, 1.82) is 0 Å². The fraction of sp³-hybridized carbons (Fsp3) is 0.800. The van der Waals surface area contributed by atoms with Crippen LogP contribution in [0.15, 0.2) is 0 Å². The summed E-state index contributed by atoms with van der Waals surface area (Å²) in [6, 6.07) is 0. The molecule has 0 saturated carbocycles. The van der Waals surface area contributed by atoms with E-state index in [1.807, 2.05) is 0 Å². The van der Waals surface area contributed by atoms with E-state index in [-0.39, 0.29) is 0 Å². The summed E-state index contributed by atoms with van der Waals surface area (Å²) in [5.74, 6) is -0.683. The molecule has 1 saturated heterocycles. The molecule has 1 heterocycles. The lowest BCUT2D eigenvalue weighted by atomic mass is 10.3. The van der Waals surface area contributed by atoms with Crippen molar-refractivity contribution in [1.82, 2.24) is 5.06 Å². The Morgan fingerprint density at radius 3 is 2.38 bits per heavy atom. The second-order valence-electron chi connectivity index (χ2n) is 2.57. The van der Waals surface area contributed by atoms with Crippen LogP contribution < -0.4 is 0 Å². The van der Waals surface area contributed by atoms with Crippen LogP contribution in [0.25, 0.3) is 0 Å². The minimum atomic E-state index is -4.42. The molecular weight excluding hydrogens is 202 g/mol. The Morgan fingerprint density at radius 2 is 2.15 bits per heavy atom. The van der Waals surface area contributed by atoms with Gasteiger partial charge in [-0.15, -0.1) is 0 Å². The highest BCUT2D eigenvalue weighted by Gasteiger charge is 2.46. The molecule has 13 heavy (non-hydrogen) atoms. The summed E-state index contributed by atoms with van der Waals surface area (Å²) in [7, 11) is -3.30. The number of hydrogen-bond acceptors (Lipinski definition) is 5. The van der Waals surface area contributed by atoms with Gasteiger partial charge in [-0.05, 0) is 0 Å². The van der Waals surface area contributed by atoms with Crippen molar-refractivity contribution in [2.24, 2.45) is 0 Å². The predicted molar refractivity (Wildman–Crippen MR) is 39.8 cm³/mol. The van der Waals surface area contributed by atoms with Crippen LogP contribution >= 0.6 is 0 Å². The van der Waals surface area contributed by atoms with Gasteiger partial charge >= 0.3 is 0 Å². The van der Waals surface area contributed by atoms with Crippen molar-refractivity contribution >= 4 is 16.0 Å². The number of aliphatic hydroxyl groups excluding tert-OH is 1. The smallest absolute Gasteiger partial charge is 0.272 e. The molecule has 1 aliphatic rings. The Labute approximate surface area is 74.6 Å². The molecule has 0 radical (unpaired) electrons. The quantitative estimate of drug-likeness (QED) is 0.530. The van der Waals surface area contributed by atoms with Crippen LogP contribution in [-0.4, -0.2) is 47.6 Å². The average Bonchev–Trinajstić information content (AvgIpc) is 2.25. The van der Waals surface area contributed by atoms with Crippen LogP contribution in [0.4, 0.5) is 0 Å². The third kappa shape index (κ3) is 1.80. The average molecular weight is 211 g/mol. The van der Waals surface area contributed by atoms with E-state index < -0.39 is 33.9 Å². The van der Waals surface area contributed by atoms with Crippen LogP contribution in [0.2, 0.25) is 0 Å². The molecule has 76 valence electrons. The number of rotatable bonds is 2. The molecule has 1 amide bonds. The van der Waals surface area contributed by atoms with E-state index in [4.69, 9.17) is 4.55 Å². The van der Waals surface area contributed by atoms with Crippen LogP contribution in [0.5, 0.6) is 0 Å². The molecule has 0 aromatic carbocycles. The number of hydrogen-bond donors (Lipinski definition) is 2. The Morgan fingerprint density at radius 1 is 1.62 bits per heavy atom. The van der Waals surface area contributed by atoms with Crippen molar-refractivity contribution in [3.63, 3.8) is 0 Å². The van der Waals surface area contributed by atoms with Gasteiger partial charge in [-0.2, -0.15) is 13.5 Å². The van der Waals surface area contributed by atoms with E-state index in [0.717, 1.165) is 7.11 Å². The fourth-order valence-corrected chi connectivity index (χ4v) is 1.91. The van der Waals surface area contributed by atoms with Gasteiger partial charge in [-0.25, -0.2) is 0 Å². The third-order valence-electron chi connectivity index (χ3n) is 1.77.